The van der Waals surface area contributed by atoms with Gasteiger partial charge in [-0.2, -0.15) is 0 Å². The van der Waals surface area contributed by atoms with E-state index < -0.39 is 0 Å². The van der Waals surface area contributed by atoms with Gasteiger partial charge in [-0.15, -0.1) is 0 Å². The lowest BCUT2D eigenvalue weighted by atomic mass is 10.2. The molecule has 3 nitrogen and oxygen atoms in total. The normalized spacial score (nSPS) is 10.8. The molecular formula is C11H11BrFN3. The van der Waals surface area contributed by atoms with Crippen molar-refractivity contribution in [2.75, 3.05) is 0 Å². The molecule has 0 aliphatic carbocycles. The molecule has 1 aromatic carbocycles. The number of nitrogens with two attached hydrogens (primary N) is 1. The summed E-state index contributed by atoms with van der Waals surface area (Å²) in [5.74, 6) is 0.517. The number of hydrogen-bond acceptors (Lipinski definition) is 2. The van der Waals surface area contributed by atoms with Crippen LogP contribution in [0.5, 0.6) is 0 Å². The summed E-state index contributed by atoms with van der Waals surface area (Å²) in [4.78, 5) is 4.40. The van der Waals surface area contributed by atoms with Crippen LogP contribution in [0.4, 0.5) is 4.39 Å². The molecule has 0 atom stereocenters. The third kappa shape index (κ3) is 1.88. The van der Waals surface area contributed by atoms with E-state index in [0.29, 0.717) is 6.54 Å². The summed E-state index contributed by atoms with van der Waals surface area (Å²) in [5.41, 5.74) is 7.23. The predicted molar refractivity (Wildman–Crippen MR) is 64.2 cm³/mol. The zero-order valence-electron chi connectivity index (χ0n) is 8.74. The van der Waals surface area contributed by atoms with Crippen molar-refractivity contribution in [3.05, 3.63) is 40.4 Å². The van der Waals surface area contributed by atoms with Crippen LogP contribution in [-0.2, 0) is 13.6 Å². The van der Waals surface area contributed by atoms with Crippen molar-refractivity contribution in [2.45, 2.75) is 6.54 Å². The summed E-state index contributed by atoms with van der Waals surface area (Å²) < 4.78 is 15.5. The summed E-state index contributed by atoms with van der Waals surface area (Å²) in [7, 11) is 1.88. The van der Waals surface area contributed by atoms with E-state index in [0.717, 1.165) is 21.7 Å². The second-order valence-corrected chi connectivity index (χ2v) is 4.19. The van der Waals surface area contributed by atoms with E-state index in [2.05, 4.69) is 20.9 Å². The van der Waals surface area contributed by atoms with Crippen LogP contribution in [0.3, 0.4) is 0 Å². The molecule has 2 aromatic rings. The topological polar surface area (TPSA) is 43.8 Å². The second-order valence-electron chi connectivity index (χ2n) is 3.44. The highest BCUT2D eigenvalue weighted by Crippen LogP contribution is 2.24. The first kappa shape index (κ1) is 11.3. The summed E-state index contributed by atoms with van der Waals surface area (Å²) in [6, 6.07) is 6.23. The highest BCUT2D eigenvalue weighted by molar-refractivity contribution is 9.10. The molecule has 0 saturated carbocycles. The van der Waals surface area contributed by atoms with Gasteiger partial charge in [0.05, 0.1) is 5.69 Å². The molecule has 0 saturated heterocycles. The fraction of sp³-hybridized carbons (Fsp3) is 0.182. The summed E-state index contributed by atoms with van der Waals surface area (Å²) >= 11 is 3.42. The van der Waals surface area contributed by atoms with Crippen molar-refractivity contribution < 1.29 is 4.39 Å². The summed E-state index contributed by atoms with van der Waals surface area (Å²) in [6.45, 7) is 0.371. The van der Waals surface area contributed by atoms with Crippen LogP contribution in [0.2, 0.25) is 0 Å². The summed E-state index contributed by atoms with van der Waals surface area (Å²) in [5, 5.41) is 0. The Hall–Kier alpha value is -1.20. The first-order chi connectivity index (χ1) is 7.63. The van der Waals surface area contributed by atoms with E-state index in [1.54, 1.807) is 12.1 Å². The molecular weight excluding hydrogens is 273 g/mol. The lowest BCUT2D eigenvalue weighted by Gasteiger charge is -2.01. The smallest absolute Gasteiger partial charge is 0.140 e. The Morgan fingerprint density at radius 3 is 2.50 bits per heavy atom. The molecule has 0 bridgehead atoms. The van der Waals surface area contributed by atoms with Gasteiger partial charge in [0.25, 0.3) is 0 Å². The van der Waals surface area contributed by atoms with Crippen LogP contribution in [0.25, 0.3) is 11.4 Å². The molecule has 0 spiro atoms. The average Bonchev–Trinajstić information content (AvgIpc) is 2.57. The van der Waals surface area contributed by atoms with Crippen molar-refractivity contribution in [1.29, 1.82) is 0 Å². The van der Waals surface area contributed by atoms with Gasteiger partial charge in [-0.25, -0.2) is 9.37 Å². The molecule has 0 fully saturated rings. The van der Waals surface area contributed by atoms with E-state index in [1.807, 2.05) is 11.6 Å². The number of rotatable bonds is 2. The number of hydrogen-bond donors (Lipinski definition) is 1. The predicted octanol–water partition coefficient (Wildman–Crippen LogP) is 2.45. The summed E-state index contributed by atoms with van der Waals surface area (Å²) in [6.07, 6.45) is 0. The van der Waals surface area contributed by atoms with E-state index in [-0.39, 0.29) is 5.82 Å². The van der Waals surface area contributed by atoms with Crippen LogP contribution in [-0.4, -0.2) is 9.55 Å². The number of halogens is 2. The maximum Gasteiger partial charge on any atom is 0.140 e. The molecule has 84 valence electrons. The van der Waals surface area contributed by atoms with Gasteiger partial charge in [-0.1, -0.05) is 0 Å². The number of benzene rings is 1. The zero-order valence-corrected chi connectivity index (χ0v) is 10.3. The van der Waals surface area contributed by atoms with E-state index in [9.17, 15) is 4.39 Å². The molecule has 5 heteroatoms. The van der Waals surface area contributed by atoms with Crippen LogP contribution < -0.4 is 5.73 Å². The molecule has 16 heavy (non-hydrogen) atoms. The quantitative estimate of drug-likeness (QED) is 0.920. The lowest BCUT2D eigenvalue weighted by Crippen LogP contribution is -1.97. The minimum atomic E-state index is -0.254. The van der Waals surface area contributed by atoms with Crippen molar-refractivity contribution in [1.82, 2.24) is 9.55 Å². The molecule has 0 aliphatic rings. The van der Waals surface area contributed by atoms with E-state index >= 15 is 0 Å². The van der Waals surface area contributed by atoms with Gasteiger partial charge in [-0.3, -0.25) is 0 Å². The van der Waals surface area contributed by atoms with Gasteiger partial charge >= 0.3 is 0 Å². The average molecular weight is 284 g/mol. The maximum atomic E-state index is 12.8. The number of imidazole rings is 1. The molecule has 2 rings (SSSR count). The van der Waals surface area contributed by atoms with Crippen molar-refractivity contribution in [2.24, 2.45) is 12.8 Å². The van der Waals surface area contributed by atoms with Crippen molar-refractivity contribution in [3.63, 3.8) is 0 Å². The minimum absolute atomic E-state index is 0.254. The van der Waals surface area contributed by atoms with Gasteiger partial charge in [0.2, 0.25) is 0 Å². The van der Waals surface area contributed by atoms with Gasteiger partial charge in [0.1, 0.15) is 16.2 Å². The molecule has 1 aromatic heterocycles. The largest absolute Gasteiger partial charge is 0.325 e. The Labute approximate surface area is 101 Å². The fourth-order valence-corrected chi connectivity index (χ4v) is 1.94. The number of aromatic nitrogens is 2. The van der Waals surface area contributed by atoms with Gasteiger partial charge < -0.3 is 10.3 Å². The SMILES string of the molecule is Cn1c(-c2ccc(F)cc2)nc(CN)c1Br. The standard InChI is InChI=1S/C11H11BrFN3/c1-16-10(12)9(6-14)15-11(16)7-2-4-8(13)5-3-7/h2-5H,6,14H2,1H3. The molecule has 1 heterocycles. The molecule has 0 amide bonds. The third-order valence-corrected chi connectivity index (χ3v) is 3.38. The van der Waals surface area contributed by atoms with Crippen LogP contribution in [0.15, 0.2) is 28.9 Å². The molecule has 0 unspecified atom stereocenters. The second kappa shape index (κ2) is 4.35. The Balaban J connectivity index is 2.52. The monoisotopic (exact) mass is 283 g/mol. The molecule has 2 N–H and O–H groups in total. The number of nitrogens with zero attached hydrogens (tertiary/aromatic N) is 2. The third-order valence-electron chi connectivity index (χ3n) is 2.39. The molecule has 0 radical (unpaired) electrons. The Kier molecular flexibility index (Phi) is 3.07. The van der Waals surface area contributed by atoms with Crippen molar-refractivity contribution >= 4 is 15.9 Å². The van der Waals surface area contributed by atoms with Crippen LogP contribution in [0.1, 0.15) is 5.69 Å². The minimum Gasteiger partial charge on any atom is -0.325 e. The Bertz CT molecular complexity index is 505. The van der Waals surface area contributed by atoms with Gasteiger partial charge in [0, 0.05) is 19.2 Å². The van der Waals surface area contributed by atoms with E-state index in [1.165, 1.54) is 12.1 Å². The fourth-order valence-electron chi connectivity index (χ4n) is 1.52. The van der Waals surface area contributed by atoms with Gasteiger partial charge in [-0.05, 0) is 40.2 Å². The van der Waals surface area contributed by atoms with E-state index in [4.69, 9.17) is 5.73 Å². The first-order valence-corrected chi connectivity index (χ1v) is 5.60. The highest BCUT2D eigenvalue weighted by atomic mass is 79.9. The van der Waals surface area contributed by atoms with Crippen LogP contribution in [0, 0.1) is 5.82 Å². The van der Waals surface area contributed by atoms with Crippen molar-refractivity contribution in [3.8, 4) is 11.4 Å². The first-order valence-electron chi connectivity index (χ1n) is 4.80. The lowest BCUT2D eigenvalue weighted by molar-refractivity contribution is 0.628. The Morgan fingerprint density at radius 1 is 1.38 bits per heavy atom. The van der Waals surface area contributed by atoms with Gasteiger partial charge in [0.15, 0.2) is 0 Å². The maximum absolute atomic E-state index is 12.8. The molecule has 0 aliphatic heterocycles. The van der Waals surface area contributed by atoms with Crippen LogP contribution >= 0.6 is 15.9 Å². The Morgan fingerprint density at radius 2 is 2.00 bits per heavy atom. The zero-order chi connectivity index (χ0) is 11.7. The highest BCUT2D eigenvalue weighted by Gasteiger charge is 2.12.